The number of amides is 1. The molecule has 0 atom stereocenters. The van der Waals surface area contributed by atoms with Crippen molar-refractivity contribution in [2.75, 3.05) is 11.2 Å². The number of halogens is 1. The number of aliphatic imine (C=N–C) groups is 1. The predicted molar refractivity (Wildman–Crippen MR) is 85.4 cm³/mol. The molecule has 0 aliphatic heterocycles. The van der Waals surface area contributed by atoms with Gasteiger partial charge in [-0.2, -0.15) is 0 Å². The summed E-state index contributed by atoms with van der Waals surface area (Å²) < 4.78 is 0. The van der Waals surface area contributed by atoms with E-state index in [1.54, 1.807) is 30.3 Å². The zero-order valence-electron chi connectivity index (χ0n) is 11.5. The summed E-state index contributed by atoms with van der Waals surface area (Å²) in [6.45, 7) is 1.86. The first kappa shape index (κ1) is 15.0. The van der Waals surface area contributed by atoms with Gasteiger partial charge in [-0.3, -0.25) is 4.79 Å². The quantitative estimate of drug-likeness (QED) is 0.518. The summed E-state index contributed by atoms with van der Waals surface area (Å²) in [5.74, 6) is 0.555. The van der Waals surface area contributed by atoms with E-state index < -0.39 is 0 Å². The van der Waals surface area contributed by atoms with Gasteiger partial charge in [0.2, 0.25) is 0 Å². The van der Waals surface area contributed by atoms with E-state index in [0.29, 0.717) is 17.1 Å². The first-order chi connectivity index (χ1) is 10.1. The van der Waals surface area contributed by atoms with Crippen molar-refractivity contribution in [3.05, 3.63) is 53.7 Å². The average molecular weight is 303 g/mol. The molecule has 108 valence electrons. The molecule has 1 amide bonds. The number of nitrogens with zero attached hydrogens (tertiary/aromatic N) is 2. The highest BCUT2D eigenvalue weighted by Crippen LogP contribution is 2.20. The van der Waals surface area contributed by atoms with Gasteiger partial charge in [-0.05, 0) is 31.2 Å². The molecule has 2 aromatic rings. The van der Waals surface area contributed by atoms with Gasteiger partial charge in [0.05, 0.1) is 17.1 Å². The highest BCUT2D eigenvalue weighted by molar-refractivity contribution is 6.28. The fraction of sp³-hybridized carbons (Fsp3) is 0.133. The number of aryl methyl sites for hydroxylation is 1. The van der Waals surface area contributed by atoms with Crippen LogP contribution in [0.3, 0.4) is 0 Å². The number of carbonyl (C=O) groups is 1. The summed E-state index contributed by atoms with van der Waals surface area (Å²) >= 11 is 5.61. The highest BCUT2D eigenvalue weighted by Gasteiger charge is 2.11. The lowest BCUT2D eigenvalue weighted by atomic mass is 10.1. The van der Waals surface area contributed by atoms with E-state index in [4.69, 9.17) is 17.3 Å². The van der Waals surface area contributed by atoms with Crippen molar-refractivity contribution in [3.63, 3.8) is 0 Å². The molecule has 6 heteroatoms. The average Bonchev–Trinajstić information content (AvgIpc) is 2.47. The van der Waals surface area contributed by atoms with Gasteiger partial charge in [0, 0.05) is 5.69 Å². The van der Waals surface area contributed by atoms with Crippen molar-refractivity contribution >= 4 is 34.8 Å². The lowest BCUT2D eigenvalue weighted by Crippen LogP contribution is -2.15. The van der Waals surface area contributed by atoms with Crippen molar-refractivity contribution in [3.8, 4) is 0 Å². The third-order valence-corrected chi connectivity index (χ3v) is 2.95. The Morgan fingerprint density at radius 3 is 2.76 bits per heavy atom. The smallest absolute Gasteiger partial charge is 0.259 e. The van der Waals surface area contributed by atoms with Crippen LogP contribution in [-0.4, -0.2) is 22.6 Å². The van der Waals surface area contributed by atoms with Crippen LogP contribution in [-0.2, 0) is 0 Å². The molecular weight excluding hydrogens is 288 g/mol. The molecule has 1 aromatic carbocycles. The number of hydrogen-bond donors (Lipinski definition) is 2. The van der Waals surface area contributed by atoms with Crippen molar-refractivity contribution in [2.45, 2.75) is 6.92 Å². The van der Waals surface area contributed by atoms with Crippen LogP contribution in [0.25, 0.3) is 0 Å². The van der Waals surface area contributed by atoms with Crippen LogP contribution in [0.2, 0.25) is 0 Å². The standard InChI is InChI=1S/C15H15ClN4O/c1-10-5-4-8-14(18-10)20-15(21)11-6-2-3-7-12(11)19-13(17)9-16/h2-8H,9H2,1H3,(H2,17,19)(H,18,20,21). The second-order valence-electron chi connectivity index (χ2n) is 4.37. The molecule has 0 bridgehead atoms. The number of anilines is 1. The minimum atomic E-state index is -0.296. The summed E-state index contributed by atoms with van der Waals surface area (Å²) in [7, 11) is 0. The fourth-order valence-electron chi connectivity index (χ4n) is 1.74. The van der Waals surface area contributed by atoms with Crippen molar-refractivity contribution in [1.82, 2.24) is 4.98 Å². The maximum absolute atomic E-state index is 12.3. The van der Waals surface area contributed by atoms with E-state index in [0.717, 1.165) is 5.69 Å². The van der Waals surface area contributed by atoms with Crippen LogP contribution < -0.4 is 11.1 Å². The molecule has 2 rings (SSSR count). The highest BCUT2D eigenvalue weighted by atomic mass is 35.5. The zero-order valence-corrected chi connectivity index (χ0v) is 12.3. The van der Waals surface area contributed by atoms with Gasteiger partial charge in [-0.1, -0.05) is 18.2 Å². The first-order valence-electron chi connectivity index (χ1n) is 6.33. The van der Waals surface area contributed by atoms with E-state index in [-0.39, 0.29) is 17.6 Å². The Kier molecular flexibility index (Phi) is 4.90. The van der Waals surface area contributed by atoms with Gasteiger partial charge in [0.25, 0.3) is 5.91 Å². The predicted octanol–water partition coefficient (Wildman–Crippen LogP) is 2.87. The third kappa shape index (κ3) is 4.03. The third-order valence-electron chi connectivity index (χ3n) is 2.68. The van der Waals surface area contributed by atoms with E-state index in [1.165, 1.54) is 0 Å². The molecule has 3 N–H and O–H groups in total. The fourth-order valence-corrected chi connectivity index (χ4v) is 1.80. The van der Waals surface area contributed by atoms with Crippen LogP contribution in [0.15, 0.2) is 47.5 Å². The summed E-state index contributed by atoms with van der Waals surface area (Å²) in [5.41, 5.74) is 7.33. The van der Waals surface area contributed by atoms with E-state index in [2.05, 4.69) is 15.3 Å². The molecule has 1 heterocycles. The molecule has 0 aliphatic rings. The van der Waals surface area contributed by atoms with Crippen LogP contribution in [0.1, 0.15) is 16.1 Å². The van der Waals surface area contributed by atoms with Gasteiger partial charge in [-0.15, -0.1) is 11.6 Å². The number of nitrogens with two attached hydrogens (primary N) is 1. The number of nitrogens with one attached hydrogen (secondary N) is 1. The SMILES string of the molecule is Cc1cccc(NC(=O)c2ccccc2N=C(N)CCl)n1. The molecule has 21 heavy (non-hydrogen) atoms. The monoisotopic (exact) mass is 302 g/mol. The molecule has 0 saturated heterocycles. The summed E-state index contributed by atoms with van der Waals surface area (Å²) in [6, 6.07) is 12.3. The van der Waals surface area contributed by atoms with Crippen molar-refractivity contribution < 1.29 is 4.79 Å². The van der Waals surface area contributed by atoms with Crippen LogP contribution in [0.4, 0.5) is 11.5 Å². The Labute approximate surface area is 127 Å². The van der Waals surface area contributed by atoms with E-state index in [9.17, 15) is 4.79 Å². The maximum Gasteiger partial charge on any atom is 0.259 e. The Hall–Kier alpha value is -2.40. The van der Waals surface area contributed by atoms with E-state index in [1.807, 2.05) is 19.1 Å². The molecule has 0 aliphatic carbocycles. The summed E-state index contributed by atoms with van der Waals surface area (Å²) in [4.78, 5) is 20.7. The molecule has 1 aromatic heterocycles. The number of rotatable bonds is 4. The lowest BCUT2D eigenvalue weighted by Gasteiger charge is -2.07. The van der Waals surface area contributed by atoms with Crippen molar-refractivity contribution in [2.24, 2.45) is 10.7 Å². The van der Waals surface area contributed by atoms with Gasteiger partial charge in [-0.25, -0.2) is 9.98 Å². The van der Waals surface area contributed by atoms with Gasteiger partial charge < -0.3 is 11.1 Å². The number of alkyl halides is 1. The van der Waals surface area contributed by atoms with Crippen LogP contribution in [0, 0.1) is 6.92 Å². The number of hydrogen-bond acceptors (Lipinski definition) is 3. The molecular formula is C15H15ClN4O. The van der Waals surface area contributed by atoms with Crippen LogP contribution in [0.5, 0.6) is 0 Å². The number of carbonyl (C=O) groups excluding carboxylic acids is 1. The minimum absolute atomic E-state index is 0.107. The molecule has 0 saturated carbocycles. The van der Waals surface area contributed by atoms with Gasteiger partial charge in [0.1, 0.15) is 11.7 Å². The lowest BCUT2D eigenvalue weighted by molar-refractivity contribution is 0.102. The summed E-state index contributed by atoms with van der Waals surface area (Å²) in [6.07, 6.45) is 0. The Balaban J connectivity index is 2.27. The number of benzene rings is 1. The first-order valence-corrected chi connectivity index (χ1v) is 6.86. The maximum atomic E-state index is 12.3. The zero-order chi connectivity index (χ0) is 15.2. The van der Waals surface area contributed by atoms with Crippen molar-refractivity contribution in [1.29, 1.82) is 0 Å². The largest absolute Gasteiger partial charge is 0.386 e. The molecule has 0 spiro atoms. The summed E-state index contributed by atoms with van der Waals surface area (Å²) in [5, 5.41) is 2.74. The number of pyridine rings is 1. The number of amidine groups is 1. The molecule has 5 nitrogen and oxygen atoms in total. The number of para-hydroxylation sites is 1. The van der Waals surface area contributed by atoms with E-state index >= 15 is 0 Å². The second-order valence-corrected chi connectivity index (χ2v) is 4.64. The van der Waals surface area contributed by atoms with Crippen LogP contribution >= 0.6 is 11.6 Å². The second kappa shape index (κ2) is 6.85. The van der Waals surface area contributed by atoms with Gasteiger partial charge in [0.15, 0.2) is 0 Å². The molecule has 0 fully saturated rings. The normalized spacial score (nSPS) is 11.2. The Morgan fingerprint density at radius 1 is 1.29 bits per heavy atom. The Bertz CT molecular complexity index is 685. The Morgan fingerprint density at radius 2 is 2.05 bits per heavy atom. The minimum Gasteiger partial charge on any atom is -0.386 e. The molecule has 0 unspecified atom stereocenters. The molecule has 0 radical (unpaired) electrons. The number of aromatic nitrogens is 1. The topological polar surface area (TPSA) is 80.4 Å². The van der Waals surface area contributed by atoms with Gasteiger partial charge >= 0.3 is 0 Å².